The molecule has 176 valence electrons. The molecule has 0 aromatic rings. The van der Waals surface area contributed by atoms with E-state index in [4.69, 9.17) is 46.6 Å². The second-order valence-electron chi connectivity index (χ2n) is 6.17. The molecular formula is C15H29N3O12. The zero-order chi connectivity index (χ0) is 24.1. The van der Waals surface area contributed by atoms with E-state index in [0.717, 1.165) is 9.80 Å². The van der Waals surface area contributed by atoms with Crippen molar-refractivity contribution in [1.29, 1.82) is 0 Å². The average molecular weight is 443 g/mol. The topological polar surface area (TPSA) is 263 Å². The Hall–Kier alpha value is -2.40. The van der Waals surface area contributed by atoms with Gasteiger partial charge in [-0.15, -0.1) is 0 Å². The van der Waals surface area contributed by atoms with Crippen LogP contribution in [0.4, 0.5) is 0 Å². The maximum atomic E-state index is 10.6. The van der Waals surface area contributed by atoms with Crippen LogP contribution in [0.25, 0.3) is 0 Å². The Morgan fingerprint density at radius 2 is 1.03 bits per heavy atom. The standard InChI is InChI=1S/C10H16N2O8.C5H13NO4/c13-7(14)3-11(4-8(15)16)1-2-12(5-9(17)18)6-10(19)20;1-2-3(6)5(9,10)4(7)8/h1-6H2,(H,13,14)(H,15,16)(H,17,18)(H,19,20);3-4,7-10H,2,6H2,1H3. The van der Waals surface area contributed by atoms with Gasteiger partial charge in [-0.2, -0.15) is 0 Å². The molecule has 0 rings (SSSR count). The molecule has 15 nitrogen and oxygen atoms in total. The van der Waals surface area contributed by atoms with Crippen LogP contribution in [0.3, 0.4) is 0 Å². The lowest BCUT2D eigenvalue weighted by atomic mass is 10.1. The Labute approximate surface area is 171 Å². The zero-order valence-electron chi connectivity index (χ0n) is 16.3. The summed E-state index contributed by atoms with van der Waals surface area (Å²) < 4.78 is 0. The summed E-state index contributed by atoms with van der Waals surface area (Å²) >= 11 is 0. The van der Waals surface area contributed by atoms with Gasteiger partial charge in [-0.05, 0) is 6.42 Å². The quantitative estimate of drug-likeness (QED) is 0.115. The number of carboxylic acid groups (broad SMARTS) is 4. The molecule has 0 bridgehead atoms. The molecule has 0 aromatic heterocycles. The molecule has 0 heterocycles. The molecule has 0 aromatic carbocycles. The average Bonchev–Trinajstić information content (AvgIpc) is 2.57. The molecular weight excluding hydrogens is 414 g/mol. The third kappa shape index (κ3) is 14.6. The van der Waals surface area contributed by atoms with Crippen LogP contribution in [-0.4, -0.2) is 132 Å². The SMILES string of the molecule is CCC(N)C(O)(O)C(O)O.O=C(O)CN(CCN(CC(=O)O)CC(=O)O)CC(=O)O. The Balaban J connectivity index is 0. The molecule has 0 amide bonds. The summed E-state index contributed by atoms with van der Waals surface area (Å²) in [5, 5.41) is 68.8. The van der Waals surface area contributed by atoms with Crippen LogP contribution in [0.2, 0.25) is 0 Å². The number of nitrogens with zero attached hydrogens (tertiary/aromatic N) is 2. The summed E-state index contributed by atoms with van der Waals surface area (Å²) in [6, 6.07) is -1.05. The van der Waals surface area contributed by atoms with E-state index in [1.165, 1.54) is 0 Å². The zero-order valence-corrected chi connectivity index (χ0v) is 16.3. The molecule has 10 N–H and O–H groups in total. The van der Waals surface area contributed by atoms with Crippen molar-refractivity contribution in [3.05, 3.63) is 0 Å². The van der Waals surface area contributed by atoms with E-state index in [0.29, 0.717) is 0 Å². The lowest BCUT2D eigenvalue weighted by Crippen LogP contribution is -2.55. The largest absolute Gasteiger partial charge is 0.480 e. The highest BCUT2D eigenvalue weighted by molar-refractivity contribution is 5.73. The van der Waals surface area contributed by atoms with Crippen molar-refractivity contribution in [3.8, 4) is 0 Å². The third-order valence-corrected chi connectivity index (χ3v) is 3.53. The Morgan fingerprint density at radius 1 is 0.767 bits per heavy atom. The predicted molar refractivity (Wildman–Crippen MR) is 97.1 cm³/mol. The molecule has 0 fully saturated rings. The Morgan fingerprint density at radius 3 is 1.17 bits per heavy atom. The monoisotopic (exact) mass is 443 g/mol. The highest BCUT2D eigenvalue weighted by Crippen LogP contribution is 2.10. The van der Waals surface area contributed by atoms with Crippen LogP contribution in [0, 0.1) is 0 Å². The smallest absolute Gasteiger partial charge is 0.317 e. The molecule has 0 spiro atoms. The fourth-order valence-corrected chi connectivity index (χ4v) is 1.97. The fourth-order valence-electron chi connectivity index (χ4n) is 1.97. The number of rotatable bonds is 14. The first-order chi connectivity index (χ1) is 13.6. The van der Waals surface area contributed by atoms with E-state index >= 15 is 0 Å². The van der Waals surface area contributed by atoms with Crippen molar-refractivity contribution < 1.29 is 60.0 Å². The van der Waals surface area contributed by atoms with Crippen molar-refractivity contribution in [3.63, 3.8) is 0 Å². The second kappa shape index (κ2) is 14.6. The van der Waals surface area contributed by atoms with Crippen LogP contribution in [0.15, 0.2) is 0 Å². The molecule has 0 aliphatic heterocycles. The van der Waals surface area contributed by atoms with Crippen molar-refractivity contribution in [1.82, 2.24) is 9.80 Å². The first-order valence-corrected chi connectivity index (χ1v) is 8.51. The van der Waals surface area contributed by atoms with Gasteiger partial charge in [0, 0.05) is 13.1 Å². The van der Waals surface area contributed by atoms with Gasteiger partial charge >= 0.3 is 23.9 Å². The van der Waals surface area contributed by atoms with Gasteiger partial charge in [0.05, 0.1) is 32.2 Å². The minimum atomic E-state index is -2.60. The normalized spacial score (nSPS) is 12.4. The molecule has 1 unspecified atom stereocenters. The van der Waals surface area contributed by atoms with E-state index in [9.17, 15) is 19.2 Å². The molecule has 15 heteroatoms. The van der Waals surface area contributed by atoms with Gasteiger partial charge in [0.15, 0.2) is 0 Å². The van der Waals surface area contributed by atoms with Crippen LogP contribution >= 0.6 is 0 Å². The number of hydrogen-bond donors (Lipinski definition) is 9. The number of nitrogens with two attached hydrogens (primary N) is 1. The number of carbonyl (C=O) groups is 4. The maximum absolute atomic E-state index is 10.6. The highest BCUT2D eigenvalue weighted by atomic mass is 16.6. The molecule has 30 heavy (non-hydrogen) atoms. The lowest BCUT2D eigenvalue weighted by Gasteiger charge is -2.28. The highest BCUT2D eigenvalue weighted by Gasteiger charge is 2.37. The van der Waals surface area contributed by atoms with Crippen LogP contribution in [0.5, 0.6) is 0 Å². The van der Waals surface area contributed by atoms with Crippen LogP contribution in [-0.2, 0) is 19.2 Å². The van der Waals surface area contributed by atoms with Gasteiger partial charge in [-0.3, -0.25) is 29.0 Å². The van der Waals surface area contributed by atoms with Crippen LogP contribution in [0.1, 0.15) is 13.3 Å². The van der Waals surface area contributed by atoms with Crippen molar-refractivity contribution in [2.24, 2.45) is 5.73 Å². The summed E-state index contributed by atoms with van der Waals surface area (Å²) in [5.41, 5.74) is 5.13. The minimum Gasteiger partial charge on any atom is -0.480 e. The van der Waals surface area contributed by atoms with Crippen LogP contribution < -0.4 is 5.73 Å². The second-order valence-corrected chi connectivity index (χ2v) is 6.17. The lowest BCUT2D eigenvalue weighted by molar-refractivity contribution is -0.298. The fraction of sp³-hybridized carbons (Fsp3) is 0.733. The number of aliphatic hydroxyl groups excluding tert-OH is 1. The minimum absolute atomic E-state index is 0.0703. The van der Waals surface area contributed by atoms with E-state index < -0.39 is 68.2 Å². The van der Waals surface area contributed by atoms with Gasteiger partial charge < -0.3 is 46.6 Å². The summed E-state index contributed by atoms with van der Waals surface area (Å²) in [6.07, 6.45) is -1.97. The summed E-state index contributed by atoms with van der Waals surface area (Å²) in [4.78, 5) is 44.4. The number of aliphatic hydroxyl groups is 4. The van der Waals surface area contributed by atoms with Crippen molar-refractivity contribution in [2.75, 3.05) is 39.3 Å². The Kier molecular flexibility index (Phi) is 14.5. The van der Waals surface area contributed by atoms with E-state index in [1.54, 1.807) is 6.92 Å². The predicted octanol–water partition coefficient (Wildman–Crippen LogP) is -4.36. The first-order valence-electron chi connectivity index (χ1n) is 8.51. The maximum Gasteiger partial charge on any atom is 0.317 e. The Bertz CT molecular complexity index is 501. The van der Waals surface area contributed by atoms with Gasteiger partial charge in [0.2, 0.25) is 12.1 Å². The van der Waals surface area contributed by atoms with Crippen molar-refractivity contribution >= 4 is 23.9 Å². The molecule has 0 aliphatic rings. The van der Waals surface area contributed by atoms with Gasteiger partial charge in [0.1, 0.15) is 0 Å². The van der Waals surface area contributed by atoms with Gasteiger partial charge in [-0.25, -0.2) is 0 Å². The molecule has 0 aliphatic carbocycles. The molecule has 0 saturated heterocycles. The van der Waals surface area contributed by atoms with Gasteiger partial charge in [0.25, 0.3) is 0 Å². The summed E-state index contributed by atoms with van der Waals surface area (Å²) in [6.45, 7) is -0.645. The van der Waals surface area contributed by atoms with Gasteiger partial charge in [-0.1, -0.05) is 6.92 Å². The number of carboxylic acids is 4. The summed E-state index contributed by atoms with van der Waals surface area (Å²) in [7, 11) is 0. The molecule has 0 saturated carbocycles. The summed E-state index contributed by atoms with van der Waals surface area (Å²) in [5.74, 6) is -7.51. The third-order valence-electron chi connectivity index (χ3n) is 3.53. The number of aliphatic carboxylic acids is 4. The molecule has 0 radical (unpaired) electrons. The van der Waals surface area contributed by atoms with E-state index in [-0.39, 0.29) is 19.5 Å². The van der Waals surface area contributed by atoms with E-state index in [2.05, 4.69) is 0 Å². The molecule has 1 atom stereocenters. The van der Waals surface area contributed by atoms with E-state index in [1.807, 2.05) is 0 Å². The first kappa shape index (κ1) is 29.8. The number of hydrogen-bond acceptors (Lipinski definition) is 11. The van der Waals surface area contributed by atoms with Crippen molar-refractivity contribution in [2.45, 2.75) is 31.5 Å².